The lowest BCUT2D eigenvalue weighted by Crippen LogP contribution is -2.66. The zero-order valence-electron chi connectivity index (χ0n) is 18.0. The molecule has 200 valence electrons. The predicted molar refractivity (Wildman–Crippen MR) is 108 cm³/mol. The van der Waals surface area contributed by atoms with Gasteiger partial charge in [0.15, 0.2) is 18.9 Å². The quantitative estimate of drug-likeness (QED) is 0.111. The summed E-state index contributed by atoms with van der Waals surface area (Å²) in [6.45, 7) is -0.0395. The second-order valence-corrected chi connectivity index (χ2v) is 8.61. The number of thiol groups is 1. The SMILES string of the molecule is C[C@@H]1O[C@@H](O[C@@H]2[C@@H](O[C@H]3O[C@H](CO)[C@H](O)[C@H](OS)[C@H]3O)[C@@H](O)[C@@H](CO)O[C@H]2O)[C@@H](O)[C@H](O)[C@@H]1O. The Bertz CT molecular complexity index is 646. The van der Waals surface area contributed by atoms with Crippen LogP contribution in [-0.2, 0) is 27.9 Å². The van der Waals surface area contributed by atoms with Crippen LogP contribution in [0.15, 0.2) is 0 Å². The van der Waals surface area contributed by atoms with E-state index >= 15 is 0 Å². The van der Waals surface area contributed by atoms with E-state index in [0.717, 1.165) is 0 Å². The maximum Gasteiger partial charge on any atom is 0.187 e. The van der Waals surface area contributed by atoms with Crippen molar-refractivity contribution in [2.24, 2.45) is 0 Å². The van der Waals surface area contributed by atoms with Gasteiger partial charge in [0.05, 0.1) is 19.3 Å². The van der Waals surface area contributed by atoms with Crippen molar-refractivity contribution in [3.63, 3.8) is 0 Å². The largest absolute Gasteiger partial charge is 0.394 e. The molecule has 15 atom stereocenters. The minimum atomic E-state index is -1.86. The molecular formula is C18H32O15S. The number of hydrogen-bond acceptors (Lipinski definition) is 16. The number of rotatable bonds is 7. The second-order valence-electron chi connectivity index (χ2n) is 8.40. The summed E-state index contributed by atoms with van der Waals surface area (Å²) in [5.74, 6) is 0. The minimum Gasteiger partial charge on any atom is -0.394 e. The maximum absolute atomic E-state index is 10.7. The van der Waals surface area contributed by atoms with Gasteiger partial charge in [0.1, 0.15) is 67.1 Å². The Balaban J connectivity index is 1.83. The van der Waals surface area contributed by atoms with Crippen LogP contribution >= 0.6 is 12.9 Å². The first-order valence-electron chi connectivity index (χ1n) is 10.6. The van der Waals surface area contributed by atoms with E-state index in [1.54, 1.807) is 0 Å². The molecule has 16 heteroatoms. The topological polar surface area (TPSA) is 237 Å². The van der Waals surface area contributed by atoms with Crippen molar-refractivity contribution in [3.05, 3.63) is 0 Å². The summed E-state index contributed by atoms with van der Waals surface area (Å²) in [5, 5.41) is 90.9. The minimum absolute atomic E-state index is 0.695. The average molecular weight is 521 g/mol. The first-order valence-corrected chi connectivity index (χ1v) is 11.0. The van der Waals surface area contributed by atoms with Gasteiger partial charge in [0, 0.05) is 0 Å². The Morgan fingerprint density at radius 2 is 1.15 bits per heavy atom. The zero-order chi connectivity index (χ0) is 25.3. The third-order valence-corrected chi connectivity index (χ3v) is 6.39. The predicted octanol–water partition coefficient (Wildman–Crippen LogP) is -5.68. The van der Waals surface area contributed by atoms with Gasteiger partial charge in [-0.25, -0.2) is 0 Å². The lowest BCUT2D eigenvalue weighted by atomic mass is 9.96. The van der Waals surface area contributed by atoms with Crippen molar-refractivity contribution in [1.29, 1.82) is 0 Å². The van der Waals surface area contributed by atoms with E-state index in [0.29, 0.717) is 0 Å². The first-order chi connectivity index (χ1) is 16.0. The van der Waals surface area contributed by atoms with Crippen LogP contribution in [-0.4, -0.2) is 151 Å². The molecule has 0 aromatic heterocycles. The monoisotopic (exact) mass is 520 g/mol. The highest BCUT2D eigenvalue weighted by Gasteiger charge is 2.53. The Labute approximate surface area is 199 Å². The van der Waals surface area contributed by atoms with Crippen molar-refractivity contribution in [2.75, 3.05) is 13.2 Å². The van der Waals surface area contributed by atoms with E-state index in [-0.39, 0.29) is 0 Å². The van der Waals surface area contributed by atoms with Crippen molar-refractivity contribution < 1.29 is 73.8 Å². The smallest absolute Gasteiger partial charge is 0.187 e. The molecule has 3 fully saturated rings. The highest BCUT2D eigenvalue weighted by atomic mass is 32.1. The molecule has 3 heterocycles. The molecule has 0 bridgehead atoms. The normalized spacial score (nSPS) is 52.5. The molecule has 0 aromatic rings. The molecule has 0 aromatic carbocycles. The standard InChI is InChI=1S/C18H32O15S/c1-4-7(21)10(24)11(25)17(28-4)32-15-14(9(23)5(2-19)29-16(15)27)31-18-12(26)13(33-34)8(22)6(3-20)30-18/h4-27,34H,2-3H2,1H3/t4-,5+,6+,7+,8-,9-,10+,11-,12+,13-,14-,15+,16+,17-,18+/m0/s1. The van der Waals surface area contributed by atoms with Crippen molar-refractivity contribution in [3.8, 4) is 0 Å². The molecule has 0 radical (unpaired) electrons. The molecule has 0 saturated carbocycles. The van der Waals surface area contributed by atoms with Crippen LogP contribution in [0.1, 0.15) is 6.92 Å². The highest BCUT2D eigenvalue weighted by Crippen LogP contribution is 2.33. The van der Waals surface area contributed by atoms with Gasteiger partial charge in [-0.15, -0.1) is 0 Å². The first kappa shape index (κ1) is 28.3. The fourth-order valence-corrected chi connectivity index (χ4v) is 4.33. The van der Waals surface area contributed by atoms with Gasteiger partial charge in [-0.3, -0.25) is 0 Å². The molecule has 34 heavy (non-hydrogen) atoms. The number of hydrogen-bond donors (Lipinski definition) is 10. The molecule has 15 nitrogen and oxygen atoms in total. The van der Waals surface area contributed by atoms with E-state index < -0.39 is 105 Å². The Hall–Kier alpha value is -0.250. The fraction of sp³-hybridized carbons (Fsp3) is 1.00. The molecule has 3 saturated heterocycles. The third kappa shape index (κ3) is 5.52. The molecule has 9 N–H and O–H groups in total. The van der Waals surface area contributed by atoms with E-state index in [9.17, 15) is 46.0 Å². The summed E-state index contributed by atoms with van der Waals surface area (Å²) in [6, 6.07) is 0. The van der Waals surface area contributed by atoms with Crippen LogP contribution in [0.2, 0.25) is 0 Å². The molecular weight excluding hydrogens is 488 g/mol. The van der Waals surface area contributed by atoms with Crippen LogP contribution in [0.3, 0.4) is 0 Å². The molecule has 0 amide bonds. The molecule has 0 spiro atoms. The molecule has 3 aliphatic rings. The number of ether oxygens (including phenoxy) is 5. The maximum atomic E-state index is 10.7. The van der Waals surface area contributed by atoms with Gasteiger partial charge >= 0.3 is 0 Å². The van der Waals surface area contributed by atoms with Gasteiger partial charge in [0.25, 0.3) is 0 Å². The van der Waals surface area contributed by atoms with Gasteiger partial charge in [-0.05, 0) is 19.8 Å². The van der Waals surface area contributed by atoms with Crippen LogP contribution < -0.4 is 0 Å². The van der Waals surface area contributed by atoms with E-state index in [2.05, 4.69) is 12.9 Å². The summed E-state index contributed by atoms with van der Waals surface area (Å²) in [4.78, 5) is 0. The second kappa shape index (κ2) is 11.9. The van der Waals surface area contributed by atoms with Crippen LogP contribution in [0.4, 0.5) is 0 Å². The van der Waals surface area contributed by atoms with Crippen LogP contribution in [0.25, 0.3) is 0 Å². The summed E-state index contributed by atoms with van der Waals surface area (Å²) >= 11 is 3.60. The van der Waals surface area contributed by atoms with Crippen molar-refractivity contribution >= 4 is 12.9 Å². The Morgan fingerprint density at radius 1 is 0.618 bits per heavy atom. The molecule has 0 unspecified atom stereocenters. The summed E-state index contributed by atoms with van der Waals surface area (Å²) < 4.78 is 31.8. The highest BCUT2D eigenvalue weighted by molar-refractivity contribution is 7.75. The summed E-state index contributed by atoms with van der Waals surface area (Å²) in [7, 11) is 0. The summed E-state index contributed by atoms with van der Waals surface area (Å²) in [6.07, 6.45) is -23.1. The summed E-state index contributed by atoms with van der Waals surface area (Å²) in [5.41, 5.74) is 0. The van der Waals surface area contributed by atoms with E-state index in [4.69, 9.17) is 27.9 Å². The molecule has 0 aliphatic carbocycles. The van der Waals surface area contributed by atoms with E-state index in [1.807, 2.05) is 0 Å². The Morgan fingerprint density at radius 3 is 1.74 bits per heavy atom. The van der Waals surface area contributed by atoms with Crippen LogP contribution in [0.5, 0.6) is 0 Å². The molecule has 3 aliphatic heterocycles. The Kier molecular flexibility index (Phi) is 9.88. The van der Waals surface area contributed by atoms with Crippen LogP contribution in [0, 0.1) is 0 Å². The molecule has 3 rings (SSSR count). The lowest BCUT2D eigenvalue weighted by Gasteiger charge is -2.48. The van der Waals surface area contributed by atoms with Gasteiger partial charge in [0.2, 0.25) is 0 Å². The van der Waals surface area contributed by atoms with E-state index in [1.165, 1.54) is 6.92 Å². The third-order valence-electron chi connectivity index (χ3n) is 6.15. The van der Waals surface area contributed by atoms with Gasteiger partial charge in [-0.2, -0.15) is 0 Å². The lowest BCUT2D eigenvalue weighted by molar-refractivity contribution is -0.385. The fourth-order valence-electron chi connectivity index (χ4n) is 4.08. The number of aliphatic hydroxyl groups is 9. The van der Waals surface area contributed by atoms with Gasteiger partial charge < -0.3 is 73.8 Å². The van der Waals surface area contributed by atoms with Crippen molar-refractivity contribution in [2.45, 2.75) is 99.0 Å². The van der Waals surface area contributed by atoms with Crippen molar-refractivity contribution in [1.82, 2.24) is 0 Å². The zero-order valence-corrected chi connectivity index (χ0v) is 18.9. The van der Waals surface area contributed by atoms with Gasteiger partial charge in [-0.1, -0.05) is 0 Å². The number of aliphatic hydroxyl groups excluding tert-OH is 9. The average Bonchev–Trinajstić information content (AvgIpc) is 2.81.